The number of likely N-dealkylation sites (tertiary alicyclic amines) is 1. The van der Waals surface area contributed by atoms with Crippen LogP contribution < -0.4 is 0 Å². The third-order valence-electron chi connectivity index (χ3n) is 5.59. The van der Waals surface area contributed by atoms with Crippen LogP contribution in [-0.4, -0.2) is 24.0 Å². The van der Waals surface area contributed by atoms with E-state index < -0.39 is 0 Å². The fourth-order valence-corrected chi connectivity index (χ4v) is 4.50. The molecule has 22 heavy (non-hydrogen) atoms. The summed E-state index contributed by atoms with van der Waals surface area (Å²) in [6.45, 7) is 2.50. The van der Waals surface area contributed by atoms with Gasteiger partial charge >= 0.3 is 0 Å². The average Bonchev–Trinajstić information content (AvgIpc) is 2.60. The number of benzene rings is 2. The standard InChI is InChI=1S/C21H25N/c1-2-7-17(8-3-1)14-16-22-15-6-11-20-19-10-5-4-9-18(19)12-13-21(20)22/h1-5,7-10,20-21H,6,11-16H2. The van der Waals surface area contributed by atoms with Crippen LogP contribution in [0, 0.1) is 0 Å². The lowest BCUT2D eigenvalue weighted by molar-refractivity contribution is 0.114. The average molecular weight is 291 g/mol. The fraction of sp³-hybridized carbons (Fsp3) is 0.429. The zero-order valence-corrected chi connectivity index (χ0v) is 13.2. The van der Waals surface area contributed by atoms with Crippen molar-refractivity contribution in [2.24, 2.45) is 0 Å². The number of hydrogen-bond acceptors (Lipinski definition) is 1. The molecule has 2 aromatic carbocycles. The molecule has 4 rings (SSSR count). The van der Waals surface area contributed by atoms with E-state index in [-0.39, 0.29) is 0 Å². The highest BCUT2D eigenvalue weighted by molar-refractivity contribution is 5.35. The van der Waals surface area contributed by atoms with Gasteiger partial charge < -0.3 is 0 Å². The molecule has 0 bridgehead atoms. The monoisotopic (exact) mass is 291 g/mol. The normalized spacial score (nSPS) is 24.5. The van der Waals surface area contributed by atoms with Crippen LogP contribution in [0.1, 0.15) is 41.9 Å². The Morgan fingerprint density at radius 3 is 2.64 bits per heavy atom. The summed E-state index contributed by atoms with van der Waals surface area (Å²) < 4.78 is 0. The van der Waals surface area contributed by atoms with E-state index in [1.54, 1.807) is 11.1 Å². The zero-order valence-electron chi connectivity index (χ0n) is 13.2. The first-order valence-corrected chi connectivity index (χ1v) is 8.77. The highest BCUT2D eigenvalue weighted by Crippen LogP contribution is 2.40. The molecule has 1 fully saturated rings. The van der Waals surface area contributed by atoms with Gasteiger partial charge in [0.25, 0.3) is 0 Å². The first-order chi connectivity index (χ1) is 10.9. The molecule has 2 atom stereocenters. The van der Waals surface area contributed by atoms with Gasteiger partial charge in [0, 0.05) is 12.6 Å². The number of rotatable bonds is 3. The molecule has 1 aliphatic heterocycles. The van der Waals surface area contributed by atoms with Crippen molar-refractivity contribution in [1.29, 1.82) is 0 Å². The minimum Gasteiger partial charge on any atom is -0.299 e. The molecule has 0 aromatic heterocycles. The highest BCUT2D eigenvalue weighted by atomic mass is 15.2. The van der Waals surface area contributed by atoms with Gasteiger partial charge in [-0.3, -0.25) is 4.90 Å². The van der Waals surface area contributed by atoms with Crippen molar-refractivity contribution in [3.05, 3.63) is 71.3 Å². The van der Waals surface area contributed by atoms with Crippen molar-refractivity contribution >= 4 is 0 Å². The molecule has 1 nitrogen and oxygen atoms in total. The Kier molecular flexibility index (Phi) is 3.99. The summed E-state index contributed by atoms with van der Waals surface area (Å²) in [6, 6.07) is 20.9. The number of aryl methyl sites for hydroxylation is 1. The molecule has 2 unspecified atom stereocenters. The number of nitrogens with zero attached hydrogens (tertiary/aromatic N) is 1. The number of piperidine rings is 1. The van der Waals surface area contributed by atoms with E-state index in [2.05, 4.69) is 59.5 Å². The van der Waals surface area contributed by atoms with Crippen LogP contribution in [0.25, 0.3) is 0 Å². The quantitative estimate of drug-likeness (QED) is 0.809. The SMILES string of the molecule is c1ccc(CCN2CCCC3c4ccccc4CCC32)cc1. The van der Waals surface area contributed by atoms with E-state index >= 15 is 0 Å². The Bertz CT molecular complexity index is 619. The topological polar surface area (TPSA) is 3.24 Å². The Labute approximate surface area is 134 Å². The van der Waals surface area contributed by atoms with Crippen molar-refractivity contribution in [3.63, 3.8) is 0 Å². The minimum atomic E-state index is 0.771. The third-order valence-corrected chi connectivity index (χ3v) is 5.59. The highest BCUT2D eigenvalue weighted by Gasteiger charge is 2.35. The van der Waals surface area contributed by atoms with Crippen LogP contribution in [0.15, 0.2) is 54.6 Å². The summed E-state index contributed by atoms with van der Waals surface area (Å²) in [7, 11) is 0. The minimum absolute atomic E-state index is 0.771. The van der Waals surface area contributed by atoms with Gasteiger partial charge in [0.15, 0.2) is 0 Å². The molecule has 114 valence electrons. The summed E-state index contributed by atoms with van der Waals surface area (Å²) in [4.78, 5) is 2.77. The summed E-state index contributed by atoms with van der Waals surface area (Å²) in [5.74, 6) is 0.773. The molecule has 2 aliphatic rings. The van der Waals surface area contributed by atoms with Crippen molar-refractivity contribution < 1.29 is 0 Å². The molecular weight excluding hydrogens is 266 g/mol. The van der Waals surface area contributed by atoms with Gasteiger partial charge in [-0.1, -0.05) is 54.6 Å². The maximum absolute atomic E-state index is 2.77. The van der Waals surface area contributed by atoms with Crippen LogP contribution in [0.3, 0.4) is 0 Å². The summed E-state index contributed by atoms with van der Waals surface area (Å²) in [5.41, 5.74) is 4.72. The molecule has 2 aromatic rings. The maximum Gasteiger partial charge on any atom is 0.0167 e. The summed E-state index contributed by atoms with van der Waals surface area (Å²) >= 11 is 0. The molecule has 0 spiro atoms. The van der Waals surface area contributed by atoms with Crippen LogP contribution in [0.5, 0.6) is 0 Å². The second-order valence-electron chi connectivity index (χ2n) is 6.83. The van der Waals surface area contributed by atoms with Crippen molar-refractivity contribution in [2.75, 3.05) is 13.1 Å². The lowest BCUT2D eigenvalue weighted by Crippen LogP contribution is -2.47. The zero-order chi connectivity index (χ0) is 14.8. The van der Waals surface area contributed by atoms with Crippen LogP contribution in [0.2, 0.25) is 0 Å². The second-order valence-corrected chi connectivity index (χ2v) is 6.83. The van der Waals surface area contributed by atoms with Gasteiger partial charge in [-0.25, -0.2) is 0 Å². The Balaban J connectivity index is 1.49. The first-order valence-electron chi connectivity index (χ1n) is 8.77. The van der Waals surface area contributed by atoms with Crippen LogP contribution in [-0.2, 0) is 12.8 Å². The van der Waals surface area contributed by atoms with E-state index in [1.807, 2.05) is 0 Å². The molecule has 1 heteroatoms. The van der Waals surface area contributed by atoms with E-state index in [0.717, 1.165) is 12.0 Å². The van der Waals surface area contributed by atoms with Crippen molar-refractivity contribution in [3.8, 4) is 0 Å². The second kappa shape index (κ2) is 6.26. The molecule has 0 N–H and O–H groups in total. The van der Waals surface area contributed by atoms with E-state index in [9.17, 15) is 0 Å². The van der Waals surface area contributed by atoms with E-state index in [0.29, 0.717) is 0 Å². The summed E-state index contributed by atoms with van der Waals surface area (Å²) in [6.07, 6.45) is 6.52. The third kappa shape index (κ3) is 2.70. The largest absolute Gasteiger partial charge is 0.299 e. The molecular formula is C21H25N. The maximum atomic E-state index is 2.77. The summed E-state index contributed by atoms with van der Waals surface area (Å²) in [5, 5.41) is 0. The van der Waals surface area contributed by atoms with Crippen LogP contribution >= 0.6 is 0 Å². The molecule has 0 amide bonds. The van der Waals surface area contributed by atoms with E-state index in [1.165, 1.54) is 50.8 Å². The van der Waals surface area contributed by atoms with Crippen LogP contribution in [0.4, 0.5) is 0 Å². The van der Waals surface area contributed by atoms with Crippen molar-refractivity contribution in [1.82, 2.24) is 4.90 Å². The predicted molar refractivity (Wildman–Crippen MR) is 92.2 cm³/mol. The first kappa shape index (κ1) is 14.0. The van der Waals surface area contributed by atoms with Gasteiger partial charge in [-0.05, 0) is 61.3 Å². The number of fused-ring (bicyclic) bond motifs is 3. The lowest BCUT2D eigenvalue weighted by atomic mass is 9.74. The fourth-order valence-electron chi connectivity index (χ4n) is 4.50. The van der Waals surface area contributed by atoms with Gasteiger partial charge in [-0.2, -0.15) is 0 Å². The Morgan fingerprint density at radius 1 is 0.909 bits per heavy atom. The Morgan fingerprint density at radius 2 is 1.73 bits per heavy atom. The van der Waals surface area contributed by atoms with E-state index in [4.69, 9.17) is 0 Å². The molecule has 0 radical (unpaired) electrons. The molecule has 1 heterocycles. The molecule has 1 saturated heterocycles. The number of hydrogen-bond donors (Lipinski definition) is 0. The van der Waals surface area contributed by atoms with Gasteiger partial charge in [0.05, 0.1) is 0 Å². The lowest BCUT2D eigenvalue weighted by Gasteiger charge is -2.45. The molecule has 1 aliphatic carbocycles. The van der Waals surface area contributed by atoms with Gasteiger partial charge in [0.1, 0.15) is 0 Å². The predicted octanol–water partition coefficient (Wildman–Crippen LogP) is 4.42. The smallest absolute Gasteiger partial charge is 0.0167 e. The Hall–Kier alpha value is -1.60. The van der Waals surface area contributed by atoms with Gasteiger partial charge in [0.2, 0.25) is 0 Å². The van der Waals surface area contributed by atoms with Gasteiger partial charge in [-0.15, -0.1) is 0 Å². The van der Waals surface area contributed by atoms with Crippen molar-refractivity contribution in [2.45, 2.75) is 44.1 Å². The molecule has 0 saturated carbocycles.